The zero-order valence-corrected chi connectivity index (χ0v) is 30.4. The van der Waals surface area contributed by atoms with Crippen molar-refractivity contribution < 1.29 is 0 Å². The Morgan fingerprint density at radius 1 is 0.377 bits per heavy atom. The van der Waals surface area contributed by atoms with E-state index in [1.165, 1.54) is 97.6 Å². The monoisotopic (exact) mass is 693 g/mol. The molecule has 0 fully saturated rings. The van der Waals surface area contributed by atoms with Crippen LogP contribution in [0.2, 0.25) is 0 Å². The number of hydrogen-bond donors (Lipinski definition) is 0. The van der Waals surface area contributed by atoms with E-state index in [4.69, 9.17) is 0 Å². The third kappa shape index (κ3) is 4.62. The predicted molar refractivity (Wildman–Crippen MR) is 228 cm³/mol. The minimum Gasteiger partial charge on any atom is -0.309 e. The molecule has 1 aliphatic rings. The van der Waals surface area contributed by atoms with Crippen LogP contribution in [0.1, 0.15) is 25.0 Å². The van der Waals surface area contributed by atoms with Crippen molar-refractivity contribution in [1.82, 2.24) is 4.57 Å². The van der Waals surface area contributed by atoms with Gasteiger partial charge in [0.2, 0.25) is 0 Å². The second kappa shape index (κ2) is 11.4. The van der Waals surface area contributed by atoms with E-state index in [0.29, 0.717) is 0 Å². The molecule has 2 heterocycles. The van der Waals surface area contributed by atoms with Crippen LogP contribution in [0.25, 0.3) is 92.2 Å². The van der Waals surface area contributed by atoms with E-state index in [0.717, 1.165) is 5.69 Å². The molecule has 2 heteroatoms. The van der Waals surface area contributed by atoms with Crippen LogP contribution in [0.3, 0.4) is 0 Å². The molecule has 0 unspecified atom stereocenters. The van der Waals surface area contributed by atoms with Crippen LogP contribution in [-0.2, 0) is 5.41 Å². The zero-order valence-electron chi connectivity index (χ0n) is 29.6. The lowest BCUT2D eigenvalue weighted by molar-refractivity contribution is 0.661. The lowest BCUT2D eigenvalue weighted by Gasteiger charge is -2.22. The van der Waals surface area contributed by atoms with Crippen molar-refractivity contribution in [2.75, 3.05) is 0 Å². The van der Waals surface area contributed by atoms with Crippen molar-refractivity contribution in [2.45, 2.75) is 19.3 Å². The molecule has 0 N–H and O–H groups in total. The minimum absolute atomic E-state index is 0.0782. The summed E-state index contributed by atoms with van der Waals surface area (Å²) in [5, 5.41) is 5.24. The highest BCUT2D eigenvalue weighted by Crippen LogP contribution is 2.52. The van der Waals surface area contributed by atoms with Gasteiger partial charge in [0.05, 0.1) is 11.0 Å². The van der Waals surface area contributed by atoms with Gasteiger partial charge in [-0.3, -0.25) is 0 Å². The molecule has 53 heavy (non-hydrogen) atoms. The lowest BCUT2D eigenvalue weighted by Crippen LogP contribution is -2.14. The molecule has 0 radical (unpaired) electrons. The van der Waals surface area contributed by atoms with Gasteiger partial charge < -0.3 is 4.57 Å². The molecular weight excluding hydrogens is 659 g/mol. The van der Waals surface area contributed by atoms with Crippen molar-refractivity contribution in [3.63, 3.8) is 0 Å². The smallest absolute Gasteiger partial charge is 0.0541 e. The Bertz CT molecular complexity index is 2960. The van der Waals surface area contributed by atoms with Crippen LogP contribution in [0.4, 0.5) is 0 Å². The molecule has 0 saturated carbocycles. The number of thiophene rings is 1. The van der Waals surface area contributed by atoms with Gasteiger partial charge in [0.1, 0.15) is 0 Å². The van der Waals surface area contributed by atoms with E-state index in [-0.39, 0.29) is 5.41 Å². The Morgan fingerprint density at radius 2 is 0.906 bits per heavy atom. The molecule has 0 aliphatic heterocycles. The second-order valence-electron chi connectivity index (χ2n) is 15.0. The maximum Gasteiger partial charge on any atom is 0.0541 e. The van der Waals surface area contributed by atoms with Crippen LogP contribution >= 0.6 is 11.3 Å². The molecule has 11 rings (SSSR count). The van der Waals surface area contributed by atoms with E-state index in [9.17, 15) is 0 Å². The van der Waals surface area contributed by atoms with Gasteiger partial charge in [0, 0.05) is 42.0 Å². The average molecular weight is 694 g/mol. The van der Waals surface area contributed by atoms with Crippen molar-refractivity contribution in [3.8, 4) is 50.2 Å². The number of nitrogens with zero attached hydrogens (tertiary/aromatic N) is 1. The fraction of sp³-hybridized carbons (Fsp3) is 0.0588. The normalized spacial score (nSPS) is 13.2. The van der Waals surface area contributed by atoms with E-state index in [1.807, 2.05) is 11.3 Å². The van der Waals surface area contributed by atoms with Gasteiger partial charge in [0.25, 0.3) is 0 Å². The maximum absolute atomic E-state index is 2.46. The third-order valence-electron chi connectivity index (χ3n) is 11.6. The van der Waals surface area contributed by atoms with Crippen LogP contribution in [-0.4, -0.2) is 4.57 Å². The summed E-state index contributed by atoms with van der Waals surface area (Å²) in [7, 11) is 0. The van der Waals surface area contributed by atoms with Gasteiger partial charge in [-0.2, -0.15) is 0 Å². The van der Waals surface area contributed by atoms with Crippen LogP contribution in [0.5, 0.6) is 0 Å². The standard InChI is InChI=1S/C51H35NS/c1-51(2)45-29-37(19-24-39(45)41-30-44-40-15-9-10-16-49(40)53-50(44)31-46(41)51)34-17-22-38(23-18-34)52-47-25-20-35(32-11-5-3-6-12-32)27-42(47)43-28-36(21-26-48(43)52)33-13-7-4-8-14-33/h3-31H,1-2H3. The molecule has 0 atom stereocenters. The summed E-state index contributed by atoms with van der Waals surface area (Å²) in [5.74, 6) is 0. The summed E-state index contributed by atoms with van der Waals surface area (Å²) in [6, 6.07) is 65.2. The molecule has 0 bridgehead atoms. The highest BCUT2D eigenvalue weighted by atomic mass is 32.1. The van der Waals surface area contributed by atoms with E-state index in [2.05, 4.69) is 194 Å². The molecule has 0 amide bonds. The van der Waals surface area contributed by atoms with Crippen molar-refractivity contribution >= 4 is 53.3 Å². The molecule has 0 saturated heterocycles. The summed E-state index contributed by atoms with van der Waals surface area (Å²) in [6.45, 7) is 4.77. The molecule has 250 valence electrons. The van der Waals surface area contributed by atoms with Crippen LogP contribution in [0, 0.1) is 0 Å². The fourth-order valence-electron chi connectivity index (χ4n) is 8.86. The van der Waals surface area contributed by atoms with Gasteiger partial charge >= 0.3 is 0 Å². The summed E-state index contributed by atoms with van der Waals surface area (Å²) < 4.78 is 5.16. The van der Waals surface area contributed by atoms with Crippen LogP contribution < -0.4 is 0 Å². The van der Waals surface area contributed by atoms with Gasteiger partial charge in [-0.1, -0.05) is 129 Å². The molecule has 1 nitrogen and oxygen atoms in total. The zero-order chi connectivity index (χ0) is 35.3. The maximum atomic E-state index is 2.46. The molecule has 2 aromatic heterocycles. The van der Waals surface area contributed by atoms with E-state index in [1.54, 1.807) is 0 Å². The van der Waals surface area contributed by atoms with E-state index < -0.39 is 0 Å². The van der Waals surface area contributed by atoms with Gasteiger partial charge in [-0.15, -0.1) is 11.3 Å². The Morgan fingerprint density at radius 3 is 1.57 bits per heavy atom. The molecule has 10 aromatic rings. The Balaban J connectivity index is 1.01. The van der Waals surface area contributed by atoms with Crippen molar-refractivity contribution in [2.24, 2.45) is 0 Å². The molecule has 0 spiro atoms. The SMILES string of the molecule is CC1(C)c2cc(-c3ccc(-n4c5ccc(-c6ccccc6)cc5c5cc(-c6ccccc6)ccc54)cc3)ccc2-c2cc3c(cc21)sc1ccccc13. The number of rotatable bonds is 4. The number of benzene rings is 8. The lowest BCUT2D eigenvalue weighted by atomic mass is 9.81. The van der Waals surface area contributed by atoms with Gasteiger partial charge in [-0.25, -0.2) is 0 Å². The fourth-order valence-corrected chi connectivity index (χ4v) is 9.98. The van der Waals surface area contributed by atoms with Gasteiger partial charge in [-0.05, 0) is 116 Å². The first-order chi connectivity index (χ1) is 26.0. The molecular formula is C51H35NS. The topological polar surface area (TPSA) is 4.93 Å². The summed E-state index contributed by atoms with van der Waals surface area (Å²) >= 11 is 1.91. The minimum atomic E-state index is -0.0782. The predicted octanol–water partition coefficient (Wildman–Crippen LogP) is 14.5. The first-order valence-corrected chi connectivity index (χ1v) is 19.2. The average Bonchev–Trinajstić information content (AvgIpc) is 3.82. The Labute approximate surface area is 313 Å². The largest absolute Gasteiger partial charge is 0.309 e. The number of hydrogen-bond acceptors (Lipinski definition) is 1. The quantitative estimate of drug-likeness (QED) is 0.173. The first kappa shape index (κ1) is 30.4. The highest BCUT2D eigenvalue weighted by molar-refractivity contribution is 7.25. The van der Waals surface area contributed by atoms with Gasteiger partial charge in [0.15, 0.2) is 0 Å². The Hall–Kier alpha value is -6.22. The summed E-state index contributed by atoms with van der Waals surface area (Å²) in [5.41, 5.74) is 16.5. The Kier molecular flexibility index (Phi) is 6.53. The summed E-state index contributed by atoms with van der Waals surface area (Å²) in [4.78, 5) is 0. The summed E-state index contributed by atoms with van der Waals surface area (Å²) in [6.07, 6.45) is 0. The van der Waals surface area contributed by atoms with Crippen LogP contribution in [0.15, 0.2) is 176 Å². The third-order valence-corrected chi connectivity index (χ3v) is 12.7. The van der Waals surface area contributed by atoms with Crippen molar-refractivity contribution in [3.05, 3.63) is 187 Å². The second-order valence-corrected chi connectivity index (χ2v) is 16.0. The van der Waals surface area contributed by atoms with Crippen molar-refractivity contribution in [1.29, 1.82) is 0 Å². The molecule has 8 aromatic carbocycles. The highest BCUT2D eigenvalue weighted by Gasteiger charge is 2.36. The first-order valence-electron chi connectivity index (χ1n) is 18.4. The number of aromatic nitrogens is 1. The molecule has 1 aliphatic carbocycles. The number of fused-ring (bicyclic) bond motifs is 9. The van der Waals surface area contributed by atoms with E-state index >= 15 is 0 Å².